The van der Waals surface area contributed by atoms with Gasteiger partial charge >= 0.3 is 0 Å². The van der Waals surface area contributed by atoms with E-state index < -0.39 is 18.0 Å². The molecule has 1 saturated heterocycles. The predicted octanol–water partition coefficient (Wildman–Crippen LogP) is -0.374. The van der Waals surface area contributed by atoms with E-state index in [9.17, 15) is 19.8 Å². The lowest BCUT2D eigenvalue weighted by Crippen LogP contribution is -2.62. The largest absolute Gasteiger partial charge is 0.543 e. The summed E-state index contributed by atoms with van der Waals surface area (Å²) >= 11 is 1.42. The van der Waals surface area contributed by atoms with Gasteiger partial charge in [-0.3, -0.25) is 4.79 Å². The molecule has 2 aliphatic heterocycles. The van der Waals surface area contributed by atoms with Crippen molar-refractivity contribution in [3.8, 4) is 0 Å². The van der Waals surface area contributed by atoms with Gasteiger partial charge in [-0.15, -0.1) is 11.8 Å². The number of aliphatic hydroxyl groups is 1. The van der Waals surface area contributed by atoms with E-state index in [0.29, 0.717) is 17.1 Å². The Morgan fingerprint density at radius 1 is 1.54 bits per heavy atom. The number of fused-ring (bicyclic) bond motifs is 1. The fourth-order valence-corrected chi connectivity index (χ4v) is 4.62. The van der Waals surface area contributed by atoms with Gasteiger partial charge in [-0.25, -0.2) is 4.57 Å². The number of carboxylic acid groups (broad SMARTS) is 1. The van der Waals surface area contributed by atoms with E-state index in [0.717, 1.165) is 11.4 Å². The Morgan fingerprint density at radius 3 is 2.88 bits per heavy atom. The lowest BCUT2D eigenvalue weighted by Gasteiger charge is -2.45. The number of thioether (sulfide) groups is 1. The van der Waals surface area contributed by atoms with Crippen LogP contribution >= 0.6 is 11.8 Å². The van der Waals surface area contributed by atoms with Crippen molar-refractivity contribution in [3.63, 3.8) is 0 Å². The standard InChI is InChI=1S/C17H20N2O4S/c1-9-5-4-6-11(18(9)3)8-24-13-7-12-14(10(2)20)16(21)19(12)15(13)17(22)23/h4-6,10,12,14,20H,7-8H2,1-3H3/t10-,12-,14-/m1/s1. The van der Waals surface area contributed by atoms with E-state index in [4.69, 9.17) is 0 Å². The van der Waals surface area contributed by atoms with Gasteiger partial charge in [0.2, 0.25) is 5.91 Å². The van der Waals surface area contributed by atoms with Crippen LogP contribution in [0.15, 0.2) is 28.8 Å². The van der Waals surface area contributed by atoms with Gasteiger partial charge in [-0.2, -0.15) is 0 Å². The molecule has 24 heavy (non-hydrogen) atoms. The van der Waals surface area contributed by atoms with Crippen molar-refractivity contribution in [3.05, 3.63) is 40.2 Å². The second-order valence-corrected chi connectivity index (χ2v) is 7.38. The van der Waals surface area contributed by atoms with Crippen LogP contribution in [0.3, 0.4) is 0 Å². The number of nitrogens with zero attached hydrogens (tertiary/aromatic N) is 2. The molecule has 3 rings (SSSR count). The van der Waals surface area contributed by atoms with Crippen molar-refractivity contribution < 1.29 is 24.4 Å². The number of hydrogen-bond donors (Lipinski definition) is 1. The van der Waals surface area contributed by atoms with Crippen LogP contribution in [0.4, 0.5) is 0 Å². The molecule has 3 heterocycles. The van der Waals surface area contributed by atoms with E-state index >= 15 is 0 Å². The molecular formula is C17H20N2O4S. The lowest BCUT2D eigenvalue weighted by molar-refractivity contribution is -0.684. The predicted molar refractivity (Wildman–Crippen MR) is 86.1 cm³/mol. The molecule has 0 saturated carbocycles. The zero-order chi connectivity index (χ0) is 17.6. The van der Waals surface area contributed by atoms with Gasteiger partial charge in [0.1, 0.15) is 7.05 Å². The Kier molecular flexibility index (Phi) is 4.40. The van der Waals surface area contributed by atoms with Crippen LogP contribution < -0.4 is 9.67 Å². The molecule has 0 aromatic carbocycles. The van der Waals surface area contributed by atoms with Crippen LogP contribution in [-0.2, 0) is 22.4 Å². The fourth-order valence-electron chi connectivity index (χ4n) is 3.40. The molecule has 7 heteroatoms. The monoisotopic (exact) mass is 348 g/mol. The van der Waals surface area contributed by atoms with E-state index in [1.165, 1.54) is 16.7 Å². The van der Waals surface area contributed by atoms with Gasteiger partial charge in [0.25, 0.3) is 0 Å². The number of hydrogen-bond acceptors (Lipinski definition) is 5. The molecule has 128 valence electrons. The van der Waals surface area contributed by atoms with Crippen LogP contribution in [0, 0.1) is 12.8 Å². The van der Waals surface area contributed by atoms with Crippen molar-refractivity contribution in [2.45, 2.75) is 38.2 Å². The maximum absolute atomic E-state index is 12.1. The third-order valence-corrected chi connectivity index (χ3v) is 6.01. The van der Waals surface area contributed by atoms with Crippen LogP contribution in [-0.4, -0.2) is 34.0 Å². The lowest BCUT2D eigenvalue weighted by atomic mass is 9.83. The third kappa shape index (κ3) is 2.61. The van der Waals surface area contributed by atoms with Gasteiger partial charge < -0.3 is 19.9 Å². The minimum Gasteiger partial charge on any atom is -0.543 e. The molecule has 0 spiro atoms. The average Bonchev–Trinajstić information content (AvgIpc) is 2.83. The summed E-state index contributed by atoms with van der Waals surface area (Å²) in [5, 5.41) is 21.2. The van der Waals surface area contributed by atoms with Gasteiger partial charge in [0, 0.05) is 30.4 Å². The van der Waals surface area contributed by atoms with E-state index in [1.807, 2.05) is 32.2 Å². The minimum absolute atomic E-state index is 0.0257. The van der Waals surface area contributed by atoms with Crippen LogP contribution in [0.1, 0.15) is 24.7 Å². The second kappa shape index (κ2) is 6.22. The molecule has 0 aliphatic carbocycles. The Hall–Kier alpha value is -1.86. The van der Waals surface area contributed by atoms with Crippen LogP contribution in [0.25, 0.3) is 0 Å². The molecule has 1 aromatic rings. The van der Waals surface area contributed by atoms with Gasteiger partial charge in [-0.1, -0.05) is 0 Å². The highest BCUT2D eigenvalue weighted by Crippen LogP contribution is 2.47. The normalized spacial score (nSPS) is 24.0. The van der Waals surface area contributed by atoms with Gasteiger partial charge in [-0.05, 0) is 13.0 Å². The fraction of sp³-hybridized carbons (Fsp3) is 0.471. The summed E-state index contributed by atoms with van der Waals surface area (Å²) in [6.07, 6.45) is -0.314. The topological polar surface area (TPSA) is 84.5 Å². The summed E-state index contributed by atoms with van der Waals surface area (Å²) in [5.74, 6) is -1.57. The van der Waals surface area contributed by atoms with Gasteiger partial charge in [0.15, 0.2) is 11.4 Å². The summed E-state index contributed by atoms with van der Waals surface area (Å²) in [6.45, 7) is 3.57. The quantitative estimate of drug-likeness (QED) is 0.580. The summed E-state index contributed by atoms with van der Waals surface area (Å²) in [6, 6.07) is 5.70. The molecule has 0 radical (unpaired) electrons. The SMILES string of the molecule is Cc1cccc(CSC2=C(C(=O)[O-])N3C(=O)[C@H]([C@@H](C)O)[C@H]3C2)[n+]1C. The first-order valence-corrected chi connectivity index (χ1v) is 8.84. The molecule has 1 fully saturated rings. The number of aliphatic hydroxyl groups excluding tert-OH is 1. The third-order valence-electron chi connectivity index (χ3n) is 4.86. The van der Waals surface area contributed by atoms with E-state index in [2.05, 4.69) is 4.57 Å². The van der Waals surface area contributed by atoms with Crippen LogP contribution in [0.5, 0.6) is 0 Å². The van der Waals surface area contributed by atoms with Crippen LogP contribution in [0.2, 0.25) is 0 Å². The summed E-state index contributed by atoms with van der Waals surface area (Å²) < 4.78 is 2.06. The Labute approximate surface area is 144 Å². The summed E-state index contributed by atoms with van der Waals surface area (Å²) in [4.78, 5) is 25.6. The highest BCUT2D eigenvalue weighted by atomic mass is 32.2. The van der Waals surface area contributed by atoms with Crippen molar-refractivity contribution in [1.29, 1.82) is 0 Å². The number of amides is 1. The number of pyridine rings is 1. The summed E-state index contributed by atoms with van der Waals surface area (Å²) in [7, 11) is 1.97. The van der Waals surface area contributed by atoms with Crippen molar-refractivity contribution >= 4 is 23.6 Å². The van der Waals surface area contributed by atoms with E-state index in [1.54, 1.807) is 6.92 Å². The zero-order valence-electron chi connectivity index (χ0n) is 13.9. The number of carbonyl (C=O) groups is 2. The first-order chi connectivity index (χ1) is 11.3. The number of carboxylic acids is 1. The van der Waals surface area contributed by atoms with Crippen molar-refractivity contribution in [2.75, 3.05) is 0 Å². The number of carbonyl (C=O) groups excluding carboxylic acids is 2. The molecule has 0 bridgehead atoms. The Morgan fingerprint density at radius 2 is 2.25 bits per heavy atom. The Balaban J connectivity index is 1.81. The molecule has 6 nitrogen and oxygen atoms in total. The second-order valence-electron chi connectivity index (χ2n) is 6.31. The molecule has 3 atom stereocenters. The van der Waals surface area contributed by atoms with Crippen molar-refractivity contribution in [2.24, 2.45) is 13.0 Å². The number of aryl methyl sites for hydroxylation is 1. The minimum atomic E-state index is -1.33. The molecule has 2 aliphatic rings. The smallest absolute Gasteiger partial charge is 0.235 e. The molecule has 1 N–H and O–H groups in total. The zero-order valence-corrected chi connectivity index (χ0v) is 14.7. The van der Waals surface area contributed by atoms with Crippen molar-refractivity contribution in [1.82, 2.24) is 4.90 Å². The van der Waals surface area contributed by atoms with E-state index in [-0.39, 0.29) is 17.6 Å². The average molecular weight is 348 g/mol. The highest BCUT2D eigenvalue weighted by Gasteiger charge is 2.55. The first-order valence-electron chi connectivity index (χ1n) is 7.86. The first kappa shape index (κ1) is 17.0. The molecule has 1 aromatic heterocycles. The molecule has 1 amide bonds. The number of rotatable bonds is 5. The molecule has 0 unspecified atom stereocenters. The maximum Gasteiger partial charge on any atom is 0.235 e. The number of aromatic nitrogens is 1. The maximum atomic E-state index is 12.1. The Bertz CT molecular complexity index is 744. The number of aliphatic carboxylic acids is 1. The van der Waals surface area contributed by atoms with Gasteiger partial charge in [0.05, 0.1) is 35.5 Å². The highest BCUT2D eigenvalue weighted by molar-refractivity contribution is 8.02. The number of β-lactam (4-membered cyclic amide) rings is 1. The molecular weight excluding hydrogens is 328 g/mol. The summed E-state index contributed by atoms with van der Waals surface area (Å²) in [5.41, 5.74) is 2.15.